The molecule has 0 saturated heterocycles. The average Bonchev–Trinajstić information content (AvgIpc) is 2.57. The van der Waals surface area contributed by atoms with Gasteiger partial charge in [-0.1, -0.05) is 23.8 Å². The molecular formula is C12H16N2O. The quantitative estimate of drug-likeness (QED) is 0.773. The van der Waals surface area contributed by atoms with E-state index in [4.69, 9.17) is 5.73 Å². The van der Waals surface area contributed by atoms with Gasteiger partial charge >= 0.3 is 0 Å². The summed E-state index contributed by atoms with van der Waals surface area (Å²) in [5, 5.41) is 3.19. The fourth-order valence-corrected chi connectivity index (χ4v) is 2.16. The molecule has 3 nitrogen and oxygen atoms in total. The molecule has 0 spiro atoms. The zero-order chi connectivity index (χ0) is 10.8. The highest BCUT2D eigenvalue weighted by Crippen LogP contribution is 2.31. The number of aryl methyl sites for hydroxylation is 2. The molecule has 15 heavy (non-hydrogen) atoms. The Morgan fingerprint density at radius 2 is 2.40 bits per heavy atom. The molecule has 2 rings (SSSR count). The maximum Gasteiger partial charge on any atom is 0.231 e. The van der Waals surface area contributed by atoms with Crippen molar-refractivity contribution in [2.45, 2.75) is 25.8 Å². The number of primary amides is 1. The second-order valence-electron chi connectivity index (χ2n) is 4.14. The van der Waals surface area contributed by atoms with E-state index in [9.17, 15) is 4.79 Å². The first kappa shape index (κ1) is 10.2. The number of amides is 1. The van der Waals surface area contributed by atoms with Crippen LogP contribution in [0.25, 0.3) is 0 Å². The molecule has 1 aliphatic carbocycles. The molecule has 0 saturated carbocycles. The number of fused-ring (bicyclic) bond motifs is 1. The van der Waals surface area contributed by atoms with E-state index in [0.717, 1.165) is 12.8 Å². The summed E-state index contributed by atoms with van der Waals surface area (Å²) in [5.41, 5.74) is 9.11. The molecule has 0 heterocycles. The number of nitrogens with two attached hydrogens (primary N) is 1. The lowest BCUT2D eigenvalue weighted by Crippen LogP contribution is -2.30. The summed E-state index contributed by atoms with van der Waals surface area (Å²) < 4.78 is 0. The van der Waals surface area contributed by atoms with Crippen LogP contribution in [0.1, 0.15) is 29.2 Å². The fourth-order valence-electron chi connectivity index (χ4n) is 2.16. The van der Waals surface area contributed by atoms with Crippen LogP contribution >= 0.6 is 0 Å². The highest BCUT2D eigenvalue weighted by Gasteiger charge is 2.21. The molecule has 1 aromatic rings. The van der Waals surface area contributed by atoms with Crippen molar-refractivity contribution in [2.24, 2.45) is 5.73 Å². The normalized spacial score (nSPS) is 18.9. The monoisotopic (exact) mass is 204 g/mol. The summed E-state index contributed by atoms with van der Waals surface area (Å²) >= 11 is 0. The zero-order valence-electron chi connectivity index (χ0n) is 8.92. The van der Waals surface area contributed by atoms with Gasteiger partial charge in [0.2, 0.25) is 5.91 Å². The van der Waals surface area contributed by atoms with Crippen molar-refractivity contribution in [3.63, 3.8) is 0 Å². The highest BCUT2D eigenvalue weighted by molar-refractivity contribution is 5.76. The number of carbonyl (C=O) groups excluding carboxylic acids is 1. The van der Waals surface area contributed by atoms with Crippen molar-refractivity contribution in [3.05, 3.63) is 34.9 Å². The Kier molecular flexibility index (Phi) is 2.73. The van der Waals surface area contributed by atoms with E-state index in [0.29, 0.717) is 6.04 Å². The van der Waals surface area contributed by atoms with Crippen molar-refractivity contribution in [1.82, 2.24) is 5.32 Å². The van der Waals surface area contributed by atoms with E-state index >= 15 is 0 Å². The molecular weight excluding hydrogens is 188 g/mol. The second-order valence-corrected chi connectivity index (χ2v) is 4.14. The topological polar surface area (TPSA) is 55.1 Å². The predicted molar refractivity (Wildman–Crippen MR) is 59.4 cm³/mol. The van der Waals surface area contributed by atoms with Crippen LogP contribution < -0.4 is 11.1 Å². The molecule has 0 radical (unpaired) electrons. The van der Waals surface area contributed by atoms with Gasteiger partial charge in [-0.2, -0.15) is 0 Å². The Hall–Kier alpha value is -1.35. The van der Waals surface area contributed by atoms with Crippen LogP contribution in [0.5, 0.6) is 0 Å². The van der Waals surface area contributed by atoms with Crippen molar-refractivity contribution < 1.29 is 4.79 Å². The van der Waals surface area contributed by atoms with E-state index in [2.05, 4.69) is 30.4 Å². The lowest BCUT2D eigenvalue weighted by Gasteiger charge is -2.12. The Labute approximate surface area is 89.7 Å². The van der Waals surface area contributed by atoms with E-state index < -0.39 is 0 Å². The van der Waals surface area contributed by atoms with Gasteiger partial charge in [-0.05, 0) is 30.9 Å². The molecule has 1 aliphatic rings. The van der Waals surface area contributed by atoms with Crippen molar-refractivity contribution in [2.75, 3.05) is 6.54 Å². The number of rotatable bonds is 3. The largest absolute Gasteiger partial charge is 0.369 e. The summed E-state index contributed by atoms with van der Waals surface area (Å²) in [6.07, 6.45) is 2.15. The minimum atomic E-state index is -0.295. The van der Waals surface area contributed by atoms with Gasteiger partial charge in [0.1, 0.15) is 0 Å². The summed E-state index contributed by atoms with van der Waals surface area (Å²) in [6, 6.07) is 6.81. The van der Waals surface area contributed by atoms with Crippen LogP contribution in [0.2, 0.25) is 0 Å². The Morgan fingerprint density at radius 1 is 1.60 bits per heavy atom. The van der Waals surface area contributed by atoms with Gasteiger partial charge in [-0.25, -0.2) is 0 Å². The van der Waals surface area contributed by atoms with Crippen LogP contribution in [0.15, 0.2) is 18.2 Å². The van der Waals surface area contributed by atoms with Gasteiger partial charge in [-0.3, -0.25) is 4.79 Å². The number of hydrogen-bond acceptors (Lipinski definition) is 2. The number of carbonyl (C=O) groups is 1. The van der Waals surface area contributed by atoms with Gasteiger partial charge in [-0.15, -0.1) is 0 Å². The van der Waals surface area contributed by atoms with Crippen LogP contribution in [0.4, 0.5) is 0 Å². The molecule has 3 N–H and O–H groups in total. The smallest absolute Gasteiger partial charge is 0.231 e. The number of hydrogen-bond donors (Lipinski definition) is 2. The molecule has 80 valence electrons. The van der Waals surface area contributed by atoms with Gasteiger partial charge in [0.15, 0.2) is 0 Å². The maximum atomic E-state index is 10.7. The van der Waals surface area contributed by atoms with E-state index in [1.54, 1.807) is 0 Å². The third-order valence-corrected chi connectivity index (χ3v) is 2.90. The lowest BCUT2D eigenvalue weighted by molar-refractivity contribution is -0.117. The molecule has 0 fully saturated rings. The number of benzene rings is 1. The number of nitrogens with one attached hydrogen (secondary N) is 1. The highest BCUT2D eigenvalue weighted by atomic mass is 16.1. The zero-order valence-corrected chi connectivity index (χ0v) is 8.92. The molecule has 1 atom stereocenters. The molecule has 1 amide bonds. The molecule has 0 aliphatic heterocycles. The SMILES string of the molecule is Cc1ccc2c(c1)C(NCC(N)=O)CC2. The van der Waals surface area contributed by atoms with Crippen molar-refractivity contribution >= 4 is 5.91 Å². The first-order chi connectivity index (χ1) is 7.16. The first-order valence-corrected chi connectivity index (χ1v) is 5.28. The minimum absolute atomic E-state index is 0.262. The Bertz CT molecular complexity index is 387. The summed E-state index contributed by atoms with van der Waals surface area (Å²) in [6.45, 7) is 2.35. The van der Waals surface area contributed by atoms with E-state index in [1.807, 2.05) is 0 Å². The molecule has 0 aromatic heterocycles. The van der Waals surface area contributed by atoms with Crippen molar-refractivity contribution in [3.8, 4) is 0 Å². The lowest BCUT2D eigenvalue weighted by atomic mass is 10.1. The Morgan fingerprint density at radius 3 is 3.13 bits per heavy atom. The average molecular weight is 204 g/mol. The van der Waals surface area contributed by atoms with Crippen LogP contribution in [-0.2, 0) is 11.2 Å². The molecule has 0 bridgehead atoms. The van der Waals surface area contributed by atoms with Gasteiger partial charge in [0.05, 0.1) is 6.54 Å². The summed E-state index contributed by atoms with van der Waals surface area (Å²) in [4.78, 5) is 10.7. The van der Waals surface area contributed by atoms with Crippen LogP contribution in [0, 0.1) is 6.92 Å². The van der Waals surface area contributed by atoms with Crippen molar-refractivity contribution in [1.29, 1.82) is 0 Å². The summed E-state index contributed by atoms with van der Waals surface area (Å²) in [7, 11) is 0. The maximum absolute atomic E-state index is 10.7. The van der Waals surface area contributed by atoms with Gasteiger partial charge in [0.25, 0.3) is 0 Å². The summed E-state index contributed by atoms with van der Waals surface area (Å²) in [5.74, 6) is -0.295. The standard InChI is InChI=1S/C12H16N2O/c1-8-2-3-9-4-5-11(10(9)6-8)14-7-12(13)15/h2-3,6,11,14H,4-5,7H2,1H3,(H2,13,15). The Balaban J connectivity index is 2.13. The minimum Gasteiger partial charge on any atom is -0.369 e. The molecule has 3 heteroatoms. The molecule has 1 unspecified atom stereocenters. The third kappa shape index (κ3) is 2.18. The molecule has 1 aromatic carbocycles. The first-order valence-electron chi connectivity index (χ1n) is 5.28. The van der Waals surface area contributed by atoms with Crippen LogP contribution in [0.3, 0.4) is 0 Å². The van der Waals surface area contributed by atoms with Crippen LogP contribution in [-0.4, -0.2) is 12.5 Å². The second kappa shape index (κ2) is 4.03. The van der Waals surface area contributed by atoms with Gasteiger partial charge < -0.3 is 11.1 Å². The third-order valence-electron chi connectivity index (χ3n) is 2.90. The van der Waals surface area contributed by atoms with E-state index in [1.165, 1.54) is 16.7 Å². The van der Waals surface area contributed by atoms with E-state index in [-0.39, 0.29) is 12.5 Å². The predicted octanol–water partition coefficient (Wildman–Crippen LogP) is 1.06. The van der Waals surface area contributed by atoms with Gasteiger partial charge in [0, 0.05) is 6.04 Å². The fraction of sp³-hybridized carbons (Fsp3) is 0.417.